The van der Waals surface area contributed by atoms with E-state index in [4.69, 9.17) is 11.6 Å². The van der Waals surface area contributed by atoms with Gasteiger partial charge in [-0.3, -0.25) is 4.79 Å². The standard InChI is InChI=1S/C13H9ClF2N2O2/c1-20-13(19)5-2-6-7(3-5)10(16)12-11(9(6)15)17-4-8(14)18-12/h4-5H,2-3H2,1H3. The molecule has 1 unspecified atom stereocenters. The van der Waals surface area contributed by atoms with Crippen LogP contribution in [0.4, 0.5) is 8.78 Å². The molecule has 1 aromatic heterocycles. The Hall–Kier alpha value is -1.82. The fraction of sp³-hybridized carbons (Fsp3) is 0.308. The number of rotatable bonds is 1. The van der Waals surface area contributed by atoms with E-state index in [1.165, 1.54) is 7.11 Å². The molecule has 1 aromatic carbocycles. The van der Waals surface area contributed by atoms with Gasteiger partial charge in [0.2, 0.25) is 0 Å². The van der Waals surface area contributed by atoms with Gasteiger partial charge < -0.3 is 4.74 Å². The number of nitrogens with zero attached hydrogens (tertiary/aromatic N) is 2. The summed E-state index contributed by atoms with van der Waals surface area (Å²) in [5, 5.41) is -0.0155. The Labute approximate surface area is 117 Å². The summed E-state index contributed by atoms with van der Waals surface area (Å²) >= 11 is 5.66. The third kappa shape index (κ3) is 1.83. The molecule has 104 valence electrons. The molecule has 4 nitrogen and oxygen atoms in total. The molecule has 0 spiro atoms. The molecule has 0 aliphatic heterocycles. The highest BCUT2D eigenvalue weighted by atomic mass is 35.5. The van der Waals surface area contributed by atoms with Crippen molar-refractivity contribution in [1.82, 2.24) is 9.97 Å². The largest absolute Gasteiger partial charge is 0.469 e. The van der Waals surface area contributed by atoms with Crippen LogP contribution in [0.1, 0.15) is 11.1 Å². The predicted molar refractivity (Wildman–Crippen MR) is 67.4 cm³/mol. The number of aromatic nitrogens is 2. The van der Waals surface area contributed by atoms with Crippen molar-refractivity contribution in [2.45, 2.75) is 12.8 Å². The van der Waals surface area contributed by atoms with Gasteiger partial charge in [0.1, 0.15) is 16.2 Å². The van der Waals surface area contributed by atoms with Crippen molar-refractivity contribution >= 4 is 28.6 Å². The van der Waals surface area contributed by atoms with Gasteiger partial charge in [-0.05, 0) is 24.0 Å². The minimum atomic E-state index is -0.669. The van der Waals surface area contributed by atoms with Crippen LogP contribution >= 0.6 is 11.6 Å². The first-order valence-corrected chi connectivity index (χ1v) is 6.29. The van der Waals surface area contributed by atoms with Crippen molar-refractivity contribution in [2.75, 3.05) is 7.11 Å². The summed E-state index contributed by atoms with van der Waals surface area (Å²) in [6.07, 6.45) is 1.35. The Morgan fingerprint density at radius 2 is 1.90 bits per heavy atom. The third-order valence-corrected chi connectivity index (χ3v) is 3.67. The second-order valence-corrected chi connectivity index (χ2v) is 4.99. The van der Waals surface area contributed by atoms with E-state index in [9.17, 15) is 13.6 Å². The number of esters is 1. The van der Waals surface area contributed by atoms with Crippen molar-refractivity contribution in [1.29, 1.82) is 0 Å². The maximum atomic E-state index is 14.4. The van der Waals surface area contributed by atoms with Gasteiger partial charge >= 0.3 is 5.97 Å². The summed E-state index contributed by atoms with van der Waals surface area (Å²) in [5.74, 6) is -2.38. The van der Waals surface area contributed by atoms with Gasteiger partial charge in [0.25, 0.3) is 0 Å². The summed E-state index contributed by atoms with van der Waals surface area (Å²) in [6, 6.07) is 0. The van der Waals surface area contributed by atoms with Crippen molar-refractivity contribution in [3.8, 4) is 0 Å². The maximum Gasteiger partial charge on any atom is 0.309 e. The lowest BCUT2D eigenvalue weighted by atomic mass is 10.1. The minimum absolute atomic E-state index is 0.0155. The van der Waals surface area contributed by atoms with Gasteiger partial charge in [0, 0.05) is 0 Å². The van der Waals surface area contributed by atoms with Gasteiger partial charge in [-0.25, -0.2) is 18.7 Å². The molecule has 20 heavy (non-hydrogen) atoms. The van der Waals surface area contributed by atoms with Crippen LogP contribution in [0.2, 0.25) is 5.15 Å². The molecule has 1 atom stereocenters. The molecule has 0 saturated heterocycles. The molecule has 1 aliphatic carbocycles. The number of carbonyl (C=O) groups excluding carboxylic acids is 1. The number of halogens is 3. The Balaban J connectivity index is 2.21. The smallest absolute Gasteiger partial charge is 0.309 e. The van der Waals surface area contributed by atoms with Crippen molar-refractivity contribution in [3.05, 3.63) is 34.1 Å². The monoisotopic (exact) mass is 298 g/mol. The van der Waals surface area contributed by atoms with Crippen LogP contribution in [0.25, 0.3) is 11.0 Å². The maximum absolute atomic E-state index is 14.4. The lowest BCUT2D eigenvalue weighted by Crippen LogP contribution is -2.16. The van der Waals surface area contributed by atoms with E-state index in [0.717, 1.165) is 6.20 Å². The molecule has 0 saturated carbocycles. The van der Waals surface area contributed by atoms with Gasteiger partial charge in [-0.15, -0.1) is 0 Å². The molecule has 0 fully saturated rings. The van der Waals surface area contributed by atoms with Crippen molar-refractivity contribution in [3.63, 3.8) is 0 Å². The van der Waals surface area contributed by atoms with Crippen LogP contribution in [0.15, 0.2) is 6.20 Å². The fourth-order valence-electron chi connectivity index (χ4n) is 2.56. The Morgan fingerprint density at radius 1 is 1.30 bits per heavy atom. The number of fused-ring (bicyclic) bond motifs is 2. The zero-order chi connectivity index (χ0) is 14.4. The predicted octanol–water partition coefficient (Wildman–Crippen LogP) is 2.45. The highest BCUT2D eigenvalue weighted by Crippen LogP contribution is 2.35. The molecule has 0 N–H and O–H groups in total. The van der Waals surface area contributed by atoms with E-state index in [0.29, 0.717) is 0 Å². The summed E-state index contributed by atoms with van der Waals surface area (Å²) < 4.78 is 33.4. The Bertz CT molecular complexity index is 736. The van der Waals surface area contributed by atoms with Crippen LogP contribution in [0.3, 0.4) is 0 Å². The summed E-state index contributed by atoms with van der Waals surface area (Å²) in [6.45, 7) is 0. The molecular weight excluding hydrogens is 290 g/mol. The third-order valence-electron chi connectivity index (χ3n) is 3.49. The zero-order valence-electron chi connectivity index (χ0n) is 10.4. The molecule has 1 heterocycles. The molecule has 0 radical (unpaired) electrons. The number of benzene rings is 1. The number of hydrogen-bond acceptors (Lipinski definition) is 4. The normalized spacial score (nSPS) is 17.3. The number of ether oxygens (including phenoxy) is 1. The Kier molecular flexibility index (Phi) is 3.05. The molecule has 3 rings (SSSR count). The first kappa shape index (κ1) is 13.2. The quantitative estimate of drug-likeness (QED) is 0.759. The van der Waals surface area contributed by atoms with E-state index >= 15 is 0 Å². The van der Waals surface area contributed by atoms with E-state index in [1.54, 1.807) is 0 Å². The van der Waals surface area contributed by atoms with Gasteiger partial charge in [0.15, 0.2) is 11.6 Å². The first-order valence-electron chi connectivity index (χ1n) is 5.91. The van der Waals surface area contributed by atoms with Crippen molar-refractivity contribution in [2.24, 2.45) is 5.92 Å². The zero-order valence-corrected chi connectivity index (χ0v) is 11.2. The second kappa shape index (κ2) is 4.63. The highest BCUT2D eigenvalue weighted by Gasteiger charge is 2.34. The summed E-state index contributed by atoms with van der Waals surface area (Å²) in [5.41, 5.74) is -0.0561. The average molecular weight is 299 g/mol. The number of carbonyl (C=O) groups is 1. The molecule has 0 bridgehead atoms. The van der Waals surface area contributed by atoms with Gasteiger partial charge in [-0.2, -0.15) is 0 Å². The van der Waals surface area contributed by atoms with E-state index in [1.807, 2.05) is 0 Å². The summed E-state index contributed by atoms with van der Waals surface area (Å²) in [4.78, 5) is 19.1. The van der Waals surface area contributed by atoms with E-state index < -0.39 is 23.5 Å². The average Bonchev–Trinajstić information content (AvgIpc) is 2.89. The van der Waals surface area contributed by atoms with Gasteiger partial charge in [-0.1, -0.05) is 11.6 Å². The van der Waals surface area contributed by atoms with E-state index in [-0.39, 0.29) is 40.2 Å². The highest BCUT2D eigenvalue weighted by molar-refractivity contribution is 6.29. The van der Waals surface area contributed by atoms with E-state index in [2.05, 4.69) is 14.7 Å². The van der Waals surface area contributed by atoms with Crippen LogP contribution in [0.5, 0.6) is 0 Å². The molecular formula is C13H9ClF2N2O2. The molecule has 7 heteroatoms. The molecule has 0 amide bonds. The second-order valence-electron chi connectivity index (χ2n) is 4.60. The number of methoxy groups -OCH3 is 1. The fourth-order valence-corrected chi connectivity index (χ4v) is 2.69. The van der Waals surface area contributed by atoms with Crippen LogP contribution < -0.4 is 0 Å². The Morgan fingerprint density at radius 3 is 2.50 bits per heavy atom. The lowest BCUT2D eigenvalue weighted by Gasteiger charge is -2.06. The SMILES string of the molecule is COC(=O)C1Cc2c(c(F)c3nc(Cl)cnc3c2F)C1. The molecule has 2 aromatic rings. The van der Waals surface area contributed by atoms with Crippen LogP contribution in [-0.4, -0.2) is 23.0 Å². The first-order chi connectivity index (χ1) is 9.52. The van der Waals surface area contributed by atoms with Gasteiger partial charge in [0.05, 0.1) is 19.2 Å². The van der Waals surface area contributed by atoms with Crippen LogP contribution in [0, 0.1) is 17.6 Å². The lowest BCUT2D eigenvalue weighted by molar-refractivity contribution is -0.145. The van der Waals surface area contributed by atoms with Crippen molar-refractivity contribution < 1.29 is 18.3 Å². The number of hydrogen-bond donors (Lipinski definition) is 0. The molecule has 1 aliphatic rings. The summed E-state index contributed by atoms with van der Waals surface area (Å²) in [7, 11) is 1.25. The van der Waals surface area contributed by atoms with Crippen LogP contribution in [-0.2, 0) is 22.4 Å². The topological polar surface area (TPSA) is 52.1 Å². The minimum Gasteiger partial charge on any atom is -0.469 e.